The van der Waals surface area contributed by atoms with Gasteiger partial charge in [0.15, 0.2) is 0 Å². The molecule has 4 heteroatoms. The highest BCUT2D eigenvalue weighted by molar-refractivity contribution is 7.99. The van der Waals surface area contributed by atoms with Crippen LogP contribution in [0, 0.1) is 0 Å². The van der Waals surface area contributed by atoms with Crippen LogP contribution in [0.3, 0.4) is 0 Å². The molecule has 0 saturated carbocycles. The first-order chi connectivity index (χ1) is 7.83. The second-order valence-electron chi connectivity index (χ2n) is 3.95. The SMILES string of the molecule is COc1ccc2c(c1)NC(CCCN)CS2. The van der Waals surface area contributed by atoms with Crippen molar-refractivity contribution in [3.8, 4) is 5.75 Å². The zero-order valence-electron chi connectivity index (χ0n) is 9.53. The average molecular weight is 238 g/mol. The van der Waals surface area contributed by atoms with E-state index in [2.05, 4.69) is 17.4 Å². The lowest BCUT2D eigenvalue weighted by Gasteiger charge is -2.26. The van der Waals surface area contributed by atoms with Crippen molar-refractivity contribution in [2.45, 2.75) is 23.8 Å². The molecule has 1 aromatic rings. The molecule has 0 amide bonds. The first-order valence-corrected chi connectivity index (χ1v) is 6.59. The molecule has 1 aromatic carbocycles. The minimum atomic E-state index is 0.535. The molecule has 0 fully saturated rings. The van der Waals surface area contributed by atoms with E-state index in [0.717, 1.165) is 30.9 Å². The Balaban J connectivity index is 2.06. The summed E-state index contributed by atoms with van der Waals surface area (Å²) in [6, 6.07) is 6.73. The zero-order chi connectivity index (χ0) is 11.4. The van der Waals surface area contributed by atoms with Crippen LogP contribution in [0.4, 0.5) is 5.69 Å². The molecular weight excluding hydrogens is 220 g/mol. The maximum absolute atomic E-state index is 5.53. The molecule has 0 saturated heterocycles. The van der Waals surface area contributed by atoms with Gasteiger partial charge in [0.1, 0.15) is 5.75 Å². The molecule has 0 radical (unpaired) electrons. The third-order valence-electron chi connectivity index (χ3n) is 2.74. The standard InChI is InChI=1S/C12H18N2OS/c1-15-10-4-5-12-11(7-10)14-9(8-16-12)3-2-6-13/h4-5,7,9,14H,2-3,6,8,13H2,1H3. The Morgan fingerprint density at radius 3 is 3.19 bits per heavy atom. The Hall–Kier alpha value is -0.870. The third kappa shape index (κ3) is 2.62. The summed E-state index contributed by atoms with van der Waals surface area (Å²) in [5.41, 5.74) is 6.72. The Labute approximate surface area is 101 Å². The summed E-state index contributed by atoms with van der Waals surface area (Å²) in [5.74, 6) is 2.03. The van der Waals surface area contributed by atoms with Gasteiger partial charge < -0.3 is 15.8 Å². The fourth-order valence-electron chi connectivity index (χ4n) is 1.85. The first-order valence-electron chi connectivity index (χ1n) is 5.61. The minimum absolute atomic E-state index is 0.535. The van der Waals surface area contributed by atoms with Crippen molar-refractivity contribution in [1.82, 2.24) is 0 Å². The molecule has 0 aromatic heterocycles. The fourth-order valence-corrected chi connectivity index (χ4v) is 2.91. The molecule has 1 heterocycles. The predicted molar refractivity (Wildman–Crippen MR) is 69.4 cm³/mol. The summed E-state index contributed by atoms with van der Waals surface area (Å²) >= 11 is 1.91. The quantitative estimate of drug-likeness (QED) is 0.845. The van der Waals surface area contributed by atoms with Gasteiger partial charge in [-0.05, 0) is 31.5 Å². The normalized spacial score (nSPS) is 18.8. The summed E-state index contributed by atoms with van der Waals surface area (Å²) in [4.78, 5) is 1.31. The van der Waals surface area contributed by atoms with E-state index in [0.29, 0.717) is 6.04 Å². The second kappa shape index (κ2) is 5.46. The van der Waals surface area contributed by atoms with Crippen molar-refractivity contribution in [3.63, 3.8) is 0 Å². The van der Waals surface area contributed by atoms with Crippen molar-refractivity contribution in [1.29, 1.82) is 0 Å². The number of nitrogens with one attached hydrogen (secondary N) is 1. The minimum Gasteiger partial charge on any atom is -0.497 e. The molecule has 1 aliphatic rings. The smallest absolute Gasteiger partial charge is 0.121 e. The number of rotatable bonds is 4. The maximum atomic E-state index is 5.53. The van der Waals surface area contributed by atoms with E-state index < -0.39 is 0 Å². The molecule has 1 aliphatic heterocycles. The number of methoxy groups -OCH3 is 1. The Morgan fingerprint density at radius 2 is 2.44 bits per heavy atom. The van der Waals surface area contributed by atoms with Crippen molar-refractivity contribution in [2.75, 3.05) is 24.7 Å². The molecule has 2 rings (SSSR count). The number of thioether (sulfide) groups is 1. The van der Waals surface area contributed by atoms with Crippen LogP contribution in [-0.2, 0) is 0 Å². The molecule has 1 atom stereocenters. The topological polar surface area (TPSA) is 47.3 Å². The summed E-state index contributed by atoms with van der Waals surface area (Å²) in [5, 5.41) is 3.55. The fraction of sp³-hybridized carbons (Fsp3) is 0.500. The molecule has 0 bridgehead atoms. The van der Waals surface area contributed by atoms with Crippen molar-refractivity contribution < 1.29 is 4.74 Å². The second-order valence-corrected chi connectivity index (χ2v) is 5.01. The van der Waals surface area contributed by atoms with Gasteiger partial charge in [-0.2, -0.15) is 0 Å². The van der Waals surface area contributed by atoms with Gasteiger partial charge in [0.25, 0.3) is 0 Å². The Bertz CT molecular complexity index is 357. The van der Waals surface area contributed by atoms with Crippen molar-refractivity contribution in [3.05, 3.63) is 18.2 Å². The molecule has 0 aliphatic carbocycles. The molecule has 3 nitrogen and oxygen atoms in total. The largest absolute Gasteiger partial charge is 0.497 e. The van der Waals surface area contributed by atoms with E-state index in [1.807, 2.05) is 17.8 Å². The lowest BCUT2D eigenvalue weighted by molar-refractivity contribution is 0.414. The highest BCUT2D eigenvalue weighted by atomic mass is 32.2. The molecule has 16 heavy (non-hydrogen) atoms. The van der Waals surface area contributed by atoms with Crippen molar-refractivity contribution in [2.24, 2.45) is 5.73 Å². The van der Waals surface area contributed by atoms with Gasteiger partial charge in [-0.15, -0.1) is 11.8 Å². The number of nitrogens with two attached hydrogens (primary N) is 1. The highest BCUT2D eigenvalue weighted by Gasteiger charge is 2.17. The van der Waals surface area contributed by atoms with Crippen LogP contribution >= 0.6 is 11.8 Å². The zero-order valence-corrected chi connectivity index (χ0v) is 10.3. The summed E-state index contributed by atoms with van der Waals surface area (Å²) in [6.45, 7) is 0.772. The van der Waals surface area contributed by atoms with Gasteiger partial charge in [-0.1, -0.05) is 0 Å². The summed E-state index contributed by atoms with van der Waals surface area (Å²) in [6.07, 6.45) is 2.22. The summed E-state index contributed by atoms with van der Waals surface area (Å²) < 4.78 is 5.23. The van der Waals surface area contributed by atoms with Crippen LogP contribution in [0.25, 0.3) is 0 Å². The first kappa shape index (κ1) is 11.6. The van der Waals surface area contributed by atoms with E-state index in [9.17, 15) is 0 Å². The lowest BCUT2D eigenvalue weighted by atomic mass is 10.1. The molecule has 0 spiro atoms. The van der Waals surface area contributed by atoms with Crippen molar-refractivity contribution >= 4 is 17.4 Å². The van der Waals surface area contributed by atoms with Gasteiger partial charge >= 0.3 is 0 Å². The Kier molecular flexibility index (Phi) is 3.96. The number of hydrogen-bond acceptors (Lipinski definition) is 4. The van der Waals surface area contributed by atoms with E-state index in [1.54, 1.807) is 7.11 Å². The highest BCUT2D eigenvalue weighted by Crippen LogP contribution is 2.36. The number of anilines is 1. The van der Waals surface area contributed by atoms with Gasteiger partial charge in [0, 0.05) is 22.8 Å². The average Bonchev–Trinajstić information content (AvgIpc) is 2.35. The van der Waals surface area contributed by atoms with Gasteiger partial charge in [-0.3, -0.25) is 0 Å². The predicted octanol–water partition coefficient (Wildman–Crippen LogP) is 2.32. The van der Waals surface area contributed by atoms with Gasteiger partial charge in [0.2, 0.25) is 0 Å². The molecule has 3 N–H and O–H groups in total. The van der Waals surface area contributed by atoms with Crippen LogP contribution in [-0.4, -0.2) is 25.4 Å². The van der Waals surface area contributed by atoms with E-state index >= 15 is 0 Å². The van der Waals surface area contributed by atoms with Crippen LogP contribution in [0.5, 0.6) is 5.75 Å². The van der Waals surface area contributed by atoms with E-state index in [-0.39, 0.29) is 0 Å². The maximum Gasteiger partial charge on any atom is 0.121 e. The molecular formula is C12H18N2OS. The number of fused-ring (bicyclic) bond motifs is 1. The number of ether oxygens (including phenoxy) is 1. The van der Waals surface area contributed by atoms with Gasteiger partial charge in [0.05, 0.1) is 12.8 Å². The van der Waals surface area contributed by atoms with E-state index in [1.165, 1.54) is 10.6 Å². The monoisotopic (exact) mass is 238 g/mol. The Morgan fingerprint density at radius 1 is 1.56 bits per heavy atom. The van der Waals surface area contributed by atoms with Crippen LogP contribution in [0.1, 0.15) is 12.8 Å². The number of benzene rings is 1. The molecule has 1 unspecified atom stereocenters. The van der Waals surface area contributed by atoms with Crippen LogP contribution < -0.4 is 15.8 Å². The summed E-state index contributed by atoms with van der Waals surface area (Å²) in [7, 11) is 1.70. The van der Waals surface area contributed by atoms with Crippen LogP contribution in [0.2, 0.25) is 0 Å². The third-order valence-corrected chi connectivity index (χ3v) is 3.98. The molecule has 88 valence electrons. The number of hydrogen-bond donors (Lipinski definition) is 2. The van der Waals surface area contributed by atoms with Gasteiger partial charge in [-0.25, -0.2) is 0 Å². The lowest BCUT2D eigenvalue weighted by Crippen LogP contribution is -2.26. The van der Waals surface area contributed by atoms with Crippen LogP contribution in [0.15, 0.2) is 23.1 Å². The van der Waals surface area contributed by atoms with E-state index in [4.69, 9.17) is 10.5 Å².